The number of piperidine rings is 1. The number of nitrogens with two attached hydrogens (primary N) is 1. The number of hydrogen-bond donors (Lipinski definition) is 2. The van der Waals surface area contributed by atoms with Crippen LogP contribution < -0.4 is 5.73 Å². The summed E-state index contributed by atoms with van der Waals surface area (Å²) in [6.45, 7) is 7.15. The highest BCUT2D eigenvalue weighted by Crippen LogP contribution is 2.42. The summed E-state index contributed by atoms with van der Waals surface area (Å²) in [4.78, 5) is 26.3. The lowest BCUT2D eigenvalue weighted by Gasteiger charge is -2.45. The number of carboxylic acid groups (broad SMARTS) is 1. The summed E-state index contributed by atoms with van der Waals surface area (Å²) in [7, 11) is 0. The summed E-state index contributed by atoms with van der Waals surface area (Å²) in [6, 6.07) is 15.8. The van der Waals surface area contributed by atoms with Crippen LogP contribution in [0.25, 0.3) is 0 Å². The molecule has 2 aliphatic rings. The number of nitrogens with zero attached hydrogens (tertiary/aromatic N) is 1. The highest BCUT2D eigenvalue weighted by Gasteiger charge is 2.45. The summed E-state index contributed by atoms with van der Waals surface area (Å²) < 4.78 is 0. The van der Waals surface area contributed by atoms with Crippen molar-refractivity contribution in [2.24, 2.45) is 17.1 Å². The SMILES string of the molecule is CC1CN(CCC2(C(=O)O)Cc3ccccc3C2)CCC1(C)c1cccc(C(N)=O)c1. The standard InChI is InChI=1S/C26H32N2O3/c1-18-17-28(12-10-25(18,2)22-9-5-8-19(14-22)23(27)29)13-11-26(24(30)31)15-20-6-3-4-7-21(20)16-26/h3-9,14,18H,10-13,15-17H2,1-2H3,(H2,27,29)(H,30,31). The number of rotatable bonds is 6. The first kappa shape index (κ1) is 21.6. The molecule has 31 heavy (non-hydrogen) atoms. The molecule has 3 N–H and O–H groups in total. The average molecular weight is 421 g/mol. The van der Waals surface area contributed by atoms with Gasteiger partial charge in [0.2, 0.25) is 5.91 Å². The smallest absolute Gasteiger partial charge is 0.310 e. The lowest BCUT2D eigenvalue weighted by Crippen LogP contribution is -2.48. The summed E-state index contributed by atoms with van der Waals surface area (Å²) in [5.41, 5.74) is 8.83. The Bertz CT molecular complexity index is 977. The molecule has 2 atom stereocenters. The molecule has 5 heteroatoms. The number of hydrogen-bond acceptors (Lipinski definition) is 3. The van der Waals surface area contributed by atoms with Gasteiger partial charge < -0.3 is 15.7 Å². The molecule has 2 unspecified atom stereocenters. The molecule has 1 aliphatic carbocycles. The van der Waals surface area contributed by atoms with Crippen molar-refractivity contribution < 1.29 is 14.7 Å². The number of primary amides is 1. The van der Waals surface area contributed by atoms with E-state index in [2.05, 4.69) is 36.9 Å². The normalized spacial score (nSPS) is 25.2. The summed E-state index contributed by atoms with van der Waals surface area (Å²) in [5, 5.41) is 10.1. The highest BCUT2D eigenvalue weighted by molar-refractivity contribution is 5.93. The van der Waals surface area contributed by atoms with Crippen molar-refractivity contribution in [1.82, 2.24) is 4.90 Å². The average Bonchev–Trinajstić information content (AvgIpc) is 3.15. The molecule has 0 bridgehead atoms. The predicted molar refractivity (Wildman–Crippen MR) is 121 cm³/mol. The lowest BCUT2D eigenvalue weighted by atomic mass is 9.67. The third-order valence-corrected chi connectivity index (χ3v) is 7.91. The number of benzene rings is 2. The van der Waals surface area contributed by atoms with Gasteiger partial charge in [-0.1, -0.05) is 50.2 Å². The van der Waals surface area contributed by atoms with Crippen LogP contribution in [0.1, 0.15) is 53.7 Å². The fourth-order valence-corrected chi connectivity index (χ4v) is 5.48. The van der Waals surface area contributed by atoms with E-state index in [-0.39, 0.29) is 5.41 Å². The summed E-state index contributed by atoms with van der Waals surface area (Å²) in [5.74, 6) is -0.695. The molecule has 5 nitrogen and oxygen atoms in total. The van der Waals surface area contributed by atoms with Gasteiger partial charge in [0.05, 0.1) is 5.41 Å². The predicted octanol–water partition coefficient (Wildman–Crippen LogP) is 3.64. The van der Waals surface area contributed by atoms with E-state index < -0.39 is 17.3 Å². The molecule has 0 radical (unpaired) electrons. The molecule has 4 rings (SSSR count). The van der Waals surface area contributed by atoms with Crippen LogP contribution in [0.15, 0.2) is 48.5 Å². The molecule has 0 saturated carbocycles. The van der Waals surface area contributed by atoms with Crippen molar-refractivity contribution in [3.63, 3.8) is 0 Å². The van der Waals surface area contributed by atoms with Gasteiger partial charge in [-0.2, -0.15) is 0 Å². The topological polar surface area (TPSA) is 83.6 Å². The van der Waals surface area contributed by atoms with Crippen LogP contribution in [-0.4, -0.2) is 41.5 Å². The fraction of sp³-hybridized carbons (Fsp3) is 0.462. The van der Waals surface area contributed by atoms with Crippen molar-refractivity contribution in [1.29, 1.82) is 0 Å². The molecule has 1 amide bonds. The number of carboxylic acids is 1. The quantitative estimate of drug-likeness (QED) is 0.747. The van der Waals surface area contributed by atoms with E-state index in [1.165, 1.54) is 11.1 Å². The lowest BCUT2D eigenvalue weighted by molar-refractivity contribution is -0.149. The zero-order valence-electron chi connectivity index (χ0n) is 18.4. The molecule has 2 aromatic carbocycles. The van der Waals surface area contributed by atoms with E-state index in [4.69, 9.17) is 5.73 Å². The molecule has 164 valence electrons. The molecule has 0 aromatic heterocycles. The zero-order valence-corrected chi connectivity index (χ0v) is 18.4. The minimum absolute atomic E-state index is 0.0317. The molecule has 1 aliphatic heterocycles. The van der Waals surface area contributed by atoms with Gasteiger partial charge in [0.25, 0.3) is 0 Å². The highest BCUT2D eigenvalue weighted by atomic mass is 16.4. The van der Waals surface area contributed by atoms with Crippen LogP contribution in [0.2, 0.25) is 0 Å². The third-order valence-electron chi connectivity index (χ3n) is 7.91. The molecular formula is C26H32N2O3. The minimum atomic E-state index is -0.691. The Hall–Kier alpha value is -2.66. The first-order valence-electron chi connectivity index (χ1n) is 11.2. The monoisotopic (exact) mass is 420 g/mol. The van der Waals surface area contributed by atoms with Crippen LogP contribution in [0.5, 0.6) is 0 Å². The minimum Gasteiger partial charge on any atom is -0.481 e. The Morgan fingerprint density at radius 2 is 1.81 bits per heavy atom. The molecular weight excluding hydrogens is 388 g/mol. The Morgan fingerprint density at radius 1 is 1.13 bits per heavy atom. The maximum absolute atomic E-state index is 12.2. The van der Waals surface area contributed by atoms with Crippen LogP contribution in [0.3, 0.4) is 0 Å². The third kappa shape index (κ3) is 3.99. The Balaban J connectivity index is 1.43. The summed E-state index contributed by atoms with van der Waals surface area (Å²) in [6.07, 6.45) is 2.88. The van der Waals surface area contributed by atoms with Gasteiger partial charge in [0.1, 0.15) is 0 Å². The number of likely N-dealkylation sites (tertiary alicyclic amines) is 1. The van der Waals surface area contributed by atoms with Crippen LogP contribution >= 0.6 is 0 Å². The first-order chi connectivity index (χ1) is 14.7. The van der Waals surface area contributed by atoms with Gasteiger partial charge in [-0.3, -0.25) is 9.59 Å². The van der Waals surface area contributed by atoms with Gasteiger partial charge in [-0.05, 0) is 78.9 Å². The van der Waals surface area contributed by atoms with Crippen molar-refractivity contribution in [2.75, 3.05) is 19.6 Å². The molecule has 1 heterocycles. The molecule has 2 aromatic rings. The van der Waals surface area contributed by atoms with Crippen molar-refractivity contribution in [3.05, 3.63) is 70.8 Å². The van der Waals surface area contributed by atoms with E-state index >= 15 is 0 Å². The first-order valence-corrected chi connectivity index (χ1v) is 11.2. The van der Waals surface area contributed by atoms with Crippen molar-refractivity contribution in [2.45, 2.75) is 44.9 Å². The van der Waals surface area contributed by atoms with E-state index in [1.807, 2.05) is 24.3 Å². The Labute approximate surface area is 184 Å². The number of aliphatic carboxylic acids is 1. The second-order valence-electron chi connectivity index (χ2n) is 9.77. The largest absolute Gasteiger partial charge is 0.481 e. The maximum Gasteiger partial charge on any atom is 0.310 e. The van der Waals surface area contributed by atoms with Crippen LogP contribution in [-0.2, 0) is 23.1 Å². The van der Waals surface area contributed by atoms with Gasteiger partial charge in [-0.25, -0.2) is 0 Å². The van der Waals surface area contributed by atoms with E-state index in [0.717, 1.165) is 31.6 Å². The number of carbonyl (C=O) groups is 2. The molecule has 1 fully saturated rings. The van der Waals surface area contributed by atoms with Crippen molar-refractivity contribution >= 4 is 11.9 Å². The fourth-order valence-electron chi connectivity index (χ4n) is 5.48. The van der Waals surface area contributed by atoms with E-state index in [1.54, 1.807) is 6.07 Å². The van der Waals surface area contributed by atoms with E-state index in [0.29, 0.717) is 30.7 Å². The number of carbonyl (C=O) groups excluding carboxylic acids is 1. The van der Waals surface area contributed by atoms with Crippen molar-refractivity contribution in [3.8, 4) is 0 Å². The zero-order chi connectivity index (χ0) is 22.2. The number of amides is 1. The Morgan fingerprint density at radius 3 is 2.39 bits per heavy atom. The second kappa shape index (κ2) is 8.12. The van der Waals surface area contributed by atoms with Gasteiger partial charge >= 0.3 is 5.97 Å². The van der Waals surface area contributed by atoms with Gasteiger partial charge in [0, 0.05) is 12.1 Å². The Kier molecular flexibility index (Phi) is 5.65. The second-order valence-corrected chi connectivity index (χ2v) is 9.77. The van der Waals surface area contributed by atoms with E-state index in [9.17, 15) is 14.7 Å². The summed E-state index contributed by atoms with van der Waals surface area (Å²) >= 11 is 0. The van der Waals surface area contributed by atoms with Crippen LogP contribution in [0, 0.1) is 11.3 Å². The maximum atomic E-state index is 12.2. The number of fused-ring (bicyclic) bond motifs is 1. The molecule has 0 spiro atoms. The molecule has 1 saturated heterocycles. The van der Waals surface area contributed by atoms with Gasteiger partial charge in [0.15, 0.2) is 0 Å². The van der Waals surface area contributed by atoms with Gasteiger partial charge in [-0.15, -0.1) is 0 Å². The van der Waals surface area contributed by atoms with Crippen LogP contribution in [0.4, 0.5) is 0 Å².